The minimum Gasteiger partial charge on any atom is -0.397 e. The highest BCUT2D eigenvalue weighted by atomic mass is 16.6. The van der Waals surface area contributed by atoms with Crippen molar-refractivity contribution in [3.8, 4) is 0 Å². The molecule has 8 nitrogen and oxygen atoms in total. The fourth-order valence-corrected chi connectivity index (χ4v) is 1.70. The molecule has 18 heavy (non-hydrogen) atoms. The summed E-state index contributed by atoms with van der Waals surface area (Å²) >= 11 is 0. The highest BCUT2D eigenvalue weighted by Crippen LogP contribution is 2.24. The molecule has 0 unspecified atom stereocenters. The lowest BCUT2D eigenvalue weighted by Crippen LogP contribution is -2.06. The lowest BCUT2D eigenvalue weighted by Gasteiger charge is -2.05. The Labute approximate surface area is 102 Å². The molecule has 8 heteroatoms. The van der Waals surface area contributed by atoms with E-state index in [0.717, 1.165) is 17.9 Å². The van der Waals surface area contributed by atoms with Gasteiger partial charge in [-0.15, -0.1) is 0 Å². The minimum atomic E-state index is 0.548. The molecule has 1 aromatic carbocycles. The van der Waals surface area contributed by atoms with E-state index in [2.05, 4.69) is 30.8 Å². The van der Waals surface area contributed by atoms with Gasteiger partial charge in [0.05, 0.1) is 11.4 Å². The van der Waals surface area contributed by atoms with Crippen molar-refractivity contribution in [2.24, 2.45) is 0 Å². The number of nitrogen functional groups attached to an aromatic ring is 1. The van der Waals surface area contributed by atoms with Gasteiger partial charge in [0.15, 0.2) is 11.0 Å². The number of hydrogen-bond acceptors (Lipinski definition) is 7. The second-order valence-electron chi connectivity index (χ2n) is 3.77. The number of anilines is 2. The number of nitrogens with two attached hydrogens (primary N) is 1. The summed E-state index contributed by atoms with van der Waals surface area (Å²) in [6.45, 7) is 0.696. The molecule has 3 aromatic rings. The number of fused-ring (bicyclic) bond motifs is 1. The van der Waals surface area contributed by atoms with Crippen LogP contribution in [-0.4, -0.2) is 32.0 Å². The molecule has 2 heterocycles. The maximum Gasteiger partial charge on any atom is 0.160 e. The van der Waals surface area contributed by atoms with Crippen molar-refractivity contribution >= 4 is 22.4 Å². The van der Waals surface area contributed by atoms with Gasteiger partial charge in [-0.1, -0.05) is 0 Å². The molecule has 2 aromatic heterocycles. The number of benzene rings is 1. The Morgan fingerprint density at radius 2 is 2.17 bits per heavy atom. The van der Waals surface area contributed by atoms with E-state index in [0.29, 0.717) is 23.3 Å². The number of nitrogens with zero attached hydrogens (tertiary/aromatic N) is 4. The number of H-pyrrole nitrogens is 1. The molecule has 0 aliphatic carbocycles. The van der Waals surface area contributed by atoms with Crippen LogP contribution in [0.3, 0.4) is 0 Å². The van der Waals surface area contributed by atoms with Crippen molar-refractivity contribution in [1.29, 1.82) is 0 Å². The number of hydrogen-bond donors (Lipinski definition) is 3. The molecule has 0 atom stereocenters. The van der Waals surface area contributed by atoms with Gasteiger partial charge in [0.1, 0.15) is 12.2 Å². The van der Waals surface area contributed by atoms with Crippen molar-refractivity contribution in [3.05, 3.63) is 24.3 Å². The van der Waals surface area contributed by atoms with E-state index in [1.807, 2.05) is 6.07 Å². The molecule has 4 N–H and O–H groups in total. The van der Waals surface area contributed by atoms with E-state index in [4.69, 9.17) is 10.4 Å². The van der Waals surface area contributed by atoms with E-state index < -0.39 is 0 Å². The zero-order valence-electron chi connectivity index (χ0n) is 9.42. The molecule has 0 bridgehead atoms. The van der Waals surface area contributed by atoms with Crippen LogP contribution in [0.1, 0.15) is 5.82 Å². The van der Waals surface area contributed by atoms with E-state index >= 15 is 0 Å². The average Bonchev–Trinajstić information content (AvgIpc) is 3.02. The minimum absolute atomic E-state index is 0.548. The Bertz CT molecular complexity index is 645. The van der Waals surface area contributed by atoms with E-state index in [9.17, 15) is 0 Å². The van der Waals surface area contributed by atoms with E-state index in [1.54, 1.807) is 6.07 Å². The molecule has 0 saturated heterocycles. The van der Waals surface area contributed by atoms with E-state index in [-0.39, 0.29) is 0 Å². The number of aromatic nitrogens is 5. The Hall–Kier alpha value is -2.64. The highest BCUT2D eigenvalue weighted by Gasteiger charge is 2.09. The molecule has 3 rings (SSSR count). The number of aromatic amines is 1. The third kappa shape index (κ3) is 1.83. The predicted molar refractivity (Wildman–Crippen MR) is 64.8 cm³/mol. The van der Waals surface area contributed by atoms with Crippen molar-refractivity contribution in [1.82, 2.24) is 25.5 Å². The summed E-state index contributed by atoms with van der Waals surface area (Å²) in [5, 5.41) is 17.4. The van der Waals surface area contributed by atoms with Gasteiger partial charge in [-0.2, -0.15) is 5.10 Å². The average molecular weight is 245 g/mol. The number of nitrogens with one attached hydrogen (secondary N) is 2. The first-order chi connectivity index (χ1) is 8.84. The van der Waals surface area contributed by atoms with Crippen LogP contribution < -0.4 is 11.1 Å². The summed E-state index contributed by atoms with van der Waals surface area (Å²) in [6.07, 6.45) is 2.22. The lowest BCUT2D eigenvalue weighted by atomic mass is 10.2. The smallest absolute Gasteiger partial charge is 0.160 e. The first-order valence-electron chi connectivity index (χ1n) is 5.43. The summed E-state index contributed by atoms with van der Waals surface area (Å²) in [7, 11) is 0. The Balaban J connectivity index is 1.75. The SMILES string of the molecule is Nc1ccc(NCCc2ncn[nH]2)c2nonc12. The second-order valence-corrected chi connectivity index (χ2v) is 3.77. The Morgan fingerprint density at radius 1 is 1.28 bits per heavy atom. The van der Waals surface area contributed by atoms with Crippen LogP contribution in [0, 0.1) is 0 Å². The topological polar surface area (TPSA) is 119 Å². The molecular formula is C10H11N7O. The Morgan fingerprint density at radius 3 is 3.00 bits per heavy atom. The standard InChI is InChI=1S/C10H11N7O/c11-6-1-2-7(10-9(6)16-18-17-10)12-4-3-8-13-5-14-15-8/h1-2,5,12H,3-4,11H2,(H,13,14,15). The number of rotatable bonds is 4. The second kappa shape index (κ2) is 4.32. The van der Waals surface area contributed by atoms with Crippen LogP contribution in [0.25, 0.3) is 11.0 Å². The van der Waals surface area contributed by atoms with Gasteiger partial charge in [0.2, 0.25) is 0 Å². The van der Waals surface area contributed by atoms with Crippen molar-refractivity contribution in [2.75, 3.05) is 17.6 Å². The molecule has 0 aliphatic heterocycles. The molecule has 0 spiro atoms. The third-order valence-electron chi connectivity index (χ3n) is 2.59. The molecule has 0 radical (unpaired) electrons. The van der Waals surface area contributed by atoms with Gasteiger partial charge in [-0.05, 0) is 22.4 Å². The summed E-state index contributed by atoms with van der Waals surface area (Å²) in [6, 6.07) is 3.62. The van der Waals surface area contributed by atoms with Gasteiger partial charge in [0, 0.05) is 13.0 Å². The fourth-order valence-electron chi connectivity index (χ4n) is 1.70. The van der Waals surface area contributed by atoms with Crippen LogP contribution in [0.5, 0.6) is 0 Å². The van der Waals surface area contributed by atoms with Crippen LogP contribution in [-0.2, 0) is 6.42 Å². The molecule has 0 aliphatic rings. The first kappa shape index (κ1) is 10.5. The molecule has 92 valence electrons. The summed E-state index contributed by atoms with van der Waals surface area (Å²) < 4.78 is 4.69. The largest absolute Gasteiger partial charge is 0.397 e. The Kier molecular flexibility index (Phi) is 2.52. The van der Waals surface area contributed by atoms with E-state index in [1.165, 1.54) is 6.33 Å². The van der Waals surface area contributed by atoms with Crippen LogP contribution >= 0.6 is 0 Å². The fraction of sp³-hybridized carbons (Fsp3) is 0.200. The van der Waals surface area contributed by atoms with Crippen LogP contribution in [0.4, 0.5) is 11.4 Å². The highest BCUT2D eigenvalue weighted by molar-refractivity contribution is 5.94. The summed E-state index contributed by atoms with van der Waals surface area (Å²) in [4.78, 5) is 4.04. The molecular weight excluding hydrogens is 234 g/mol. The monoisotopic (exact) mass is 245 g/mol. The maximum atomic E-state index is 5.76. The van der Waals surface area contributed by atoms with Gasteiger partial charge < -0.3 is 11.1 Å². The van der Waals surface area contributed by atoms with Gasteiger partial charge in [-0.3, -0.25) is 5.10 Å². The van der Waals surface area contributed by atoms with Gasteiger partial charge in [-0.25, -0.2) is 9.61 Å². The van der Waals surface area contributed by atoms with Crippen molar-refractivity contribution in [2.45, 2.75) is 6.42 Å². The molecule has 0 fully saturated rings. The van der Waals surface area contributed by atoms with Gasteiger partial charge in [0.25, 0.3) is 0 Å². The zero-order valence-corrected chi connectivity index (χ0v) is 9.42. The third-order valence-corrected chi connectivity index (χ3v) is 2.59. The summed E-state index contributed by atoms with van der Waals surface area (Å²) in [5.74, 6) is 0.826. The zero-order chi connectivity index (χ0) is 12.4. The van der Waals surface area contributed by atoms with Crippen molar-refractivity contribution in [3.63, 3.8) is 0 Å². The quantitative estimate of drug-likeness (QED) is 0.575. The maximum absolute atomic E-state index is 5.76. The van der Waals surface area contributed by atoms with Crippen LogP contribution in [0.15, 0.2) is 23.1 Å². The predicted octanol–water partition coefficient (Wildman–Crippen LogP) is 0.578. The first-order valence-corrected chi connectivity index (χ1v) is 5.43. The summed E-state index contributed by atoms with van der Waals surface area (Å²) in [5.41, 5.74) is 8.34. The normalized spacial score (nSPS) is 10.9. The van der Waals surface area contributed by atoms with Gasteiger partial charge >= 0.3 is 0 Å². The molecule has 0 amide bonds. The lowest BCUT2D eigenvalue weighted by molar-refractivity contribution is 0.316. The molecule has 0 saturated carbocycles. The van der Waals surface area contributed by atoms with Crippen molar-refractivity contribution < 1.29 is 4.63 Å². The van der Waals surface area contributed by atoms with Crippen LogP contribution in [0.2, 0.25) is 0 Å².